The molecule has 2 aromatic rings. The van der Waals surface area contributed by atoms with Gasteiger partial charge in [0.2, 0.25) is 0 Å². The first-order valence-electron chi connectivity index (χ1n) is 3.66. The summed E-state index contributed by atoms with van der Waals surface area (Å²) in [6, 6.07) is 2.73. The molecule has 4 heteroatoms. The summed E-state index contributed by atoms with van der Waals surface area (Å²) in [7, 11) is 0. The minimum absolute atomic E-state index is 0.0143. The summed E-state index contributed by atoms with van der Waals surface area (Å²) >= 11 is 2.96. The van der Waals surface area contributed by atoms with E-state index in [1.807, 2.05) is 11.6 Å². The zero-order valence-electron chi connectivity index (χ0n) is 6.87. The molecule has 1 nitrogen and oxygen atoms in total. The summed E-state index contributed by atoms with van der Waals surface area (Å²) in [5.74, 6) is -0.361. The van der Waals surface area contributed by atoms with Crippen molar-refractivity contribution in [3.8, 4) is 5.75 Å². The smallest absolute Gasteiger partial charge is 0.136 e. The Hall–Kier alpha value is -0.740. The molecule has 0 atom stereocenters. The van der Waals surface area contributed by atoms with Crippen LogP contribution in [-0.4, -0.2) is 11.4 Å². The molecule has 0 unspecified atom stereocenters. The maximum atomic E-state index is 13.4. The number of fused-ring (bicyclic) bond motifs is 1. The third-order valence-corrected chi connectivity index (χ3v) is 3.64. The highest BCUT2D eigenvalue weighted by atomic mass is 32.2. The van der Waals surface area contributed by atoms with E-state index in [1.165, 1.54) is 23.1 Å². The minimum Gasteiger partial charge on any atom is -0.508 e. The SMILES string of the molecule is CSc1csc2cc(O)cc(F)c12. The van der Waals surface area contributed by atoms with Crippen LogP contribution in [0.15, 0.2) is 22.4 Å². The molecule has 2 rings (SSSR count). The van der Waals surface area contributed by atoms with Crippen LogP contribution in [0.4, 0.5) is 4.39 Å². The molecule has 0 saturated heterocycles. The second-order valence-corrected chi connectivity index (χ2v) is 4.36. The normalized spacial score (nSPS) is 10.9. The first kappa shape index (κ1) is 8.84. The third kappa shape index (κ3) is 1.40. The van der Waals surface area contributed by atoms with Crippen molar-refractivity contribution in [3.63, 3.8) is 0 Å². The lowest BCUT2D eigenvalue weighted by molar-refractivity contribution is 0.471. The van der Waals surface area contributed by atoms with Crippen LogP contribution in [0.25, 0.3) is 10.1 Å². The second kappa shape index (κ2) is 3.20. The molecule has 0 saturated carbocycles. The fraction of sp³-hybridized carbons (Fsp3) is 0.111. The summed E-state index contributed by atoms with van der Waals surface area (Å²) in [5, 5.41) is 11.7. The average molecular weight is 214 g/mol. The number of phenolic OH excluding ortho intramolecular Hbond substituents is 1. The summed E-state index contributed by atoms with van der Waals surface area (Å²) in [5.41, 5.74) is 0. The monoisotopic (exact) mass is 214 g/mol. The van der Waals surface area contributed by atoms with E-state index in [0.29, 0.717) is 5.39 Å². The van der Waals surface area contributed by atoms with Gasteiger partial charge in [-0.15, -0.1) is 23.1 Å². The third-order valence-electron chi connectivity index (χ3n) is 1.80. The van der Waals surface area contributed by atoms with Gasteiger partial charge in [0.15, 0.2) is 0 Å². The molecule has 0 aliphatic heterocycles. The van der Waals surface area contributed by atoms with Crippen molar-refractivity contribution in [1.29, 1.82) is 0 Å². The lowest BCUT2D eigenvalue weighted by Gasteiger charge is -1.97. The molecule has 0 fully saturated rings. The fourth-order valence-corrected chi connectivity index (χ4v) is 3.10. The maximum absolute atomic E-state index is 13.4. The summed E-state index contributed by atoms with van der Waals surface area (Å²) in [6.45, 7) is 0. The Kier molecular flexibility index (Phi) is 2.17. The van der Waals surface area contributed by atoms with Crippen molar-refractivity contribution in [2.75, 3.05) is 6.26 Å². The van der Waals surface area contributed by atoms with Crippen LogP contribution in [0, 0.1) is 5.82 Å². The van der Waals surface area contributed by atoms with Crippen molar-refractivity contribution >= 4 is 33.2 Å². The zero-order chi connectivity index (χ0) is 9.42. The molecule has 0 aliphatic carbocycles. The standard InChI is InChI=1S/C9H7FOS2/c1-12-8-4-13-7-3-5(11)2-6(10)9(7)8/h2-4,11H,1H3. The first-order valence-corrected chi connectivity index (χ1v) is 5.76. The fourth-order valence-electron chi connectivity index (χ4n) is 1.23. The number of phenols is 1. The zero-order valence-corrected chi connectivity index (χ0v) is 8.51. The number of hydrogen-bond acceptors (Lipinski definition) is 3. The van der Waals surface area contributed by atoms with Crippen LogP contribution < -0.4 is 0 Å². The van der Waals surface area contributed by atoms with Gasteiger partial charge in [-0.25, -0.2) is 4.39 Å². The molecule has 0 bridgehead atoms. The van der Waals surface area contributed by atoms with Gasteiger partial charge < -0.3 is 5.11 Å². The Bertz CT molecular complexity index is 450. The lowest BCUT2D eigenvalue weighted by atomic mass is 10.2. The highest BCUT2D eigenvalue weighted by Gasteiger charge is 2.09. The quantitative estimate of drug-likeness (QED) is 0.733. The van der Waals surface area contributed by atoms with Crippen LogP contribution >= 0.6 is 23.1 Å². The molecular formula is C9H7FOS2. The highest BCUT2D eigenvalue weighted by Crippen LogP contribution is 2.36. The van der Waals surface area contributed by atoms with E-state index in [4.69, 9.17) is 5.11 Å². The Balaban J connectivity index is 2.82. The molecule has 1 N–H and O–H groups in total. The molecule has 0 amide bonds. The molecular weight excluding hydrogens is 207 g/mol. The first-order chi connectivity index (χ1) is 6.22. The van der Waals surface area contributed by atoms with Gasteiger partial charge in [-0.05, 0) is 12.3 Å². The number of thioether (sulfide) groups is 1. The Morgan fingerprint density at radius 1 is 1.46 bits per heavy atom. The van der Waals surface area contributed by atoms with Crippen molar-refractivity contribution in [2.45, 2.75) is 4.90 Å². The van der Waals surface area contributed by atoms with Crippen LogP contribution in [0.5, 0.6) is 5.75 Å². The van der Waals surface area contributed by atoms with E-state index in [9.17, 15) is 4.39 Å². The van der Waals surface area contributed by atoms with Gasteiger partial charge >= 0.3 is 0 Å². The van der Waals surface area contributed by atoms with E-state index in [1.54, 1.807) is 6.07 Å². The number of halogens is 1. The van der Waals surface area contributed by atoms with E-state index in [2.05, 4.69) is 0 Å². The summed E-state index contributed by atoms with van der Waals surface area (Å²) < 4.78 is 14.2. The number of hydrogen-bond donors (Lipinski definition) is 1. The van der Waals surface area contributed by atoms with Gasteiger partial charge in [0.05, 0.1) is 0 Å². The Morgan fingerprint density at radius 3 is 2.92 bits per heavy atom. The number of rotatable bonds is 1. The number of benzene rings is 1. The molecule has 0 radical (unpaired) electrons. The van der Waals surface area contributed by atoms with Crippen LogP contribution in [0.1, 0.15) is 0 Å². The molecule has 0 aliphatic rings. The van der Waals surface area contributed by atoms with Crippen molar-refractivity contribution in [3.05, 3.63) is 23.3 Å². The van der Waals surface area contributed by atoms with Crippen LogP contribution in [0.3, 0.4) is 0 Å². The number of aromatic hydroxyl groups is 1. The van der Waals surface area contributed by atoms with E-state index in [-0.39, 0.29) is 11.6 Å². The average Bonchev–Trinajstić information content (AvgIpc) is 2.47. The van der Waals surface area contributed by atoms with E-state index in [0.717, 1.165) is 15.7 Å². The Morgan fingerprint density at radius 2 is 2.23 bits per heavy atom. The van der Waals surface area contributed by atoms with Gasteiger partial charge in [0.25, 0.3) is 0 Å². The highest BCUT2D eigenvalue weighted by molar-refractivity contribution is 7.99. The van der Waals surface area contributed by atoms with Gasteiger partial charge in [-0.1, -0.05) is 0 Å². The Labute approximate surface area is 83.2 Å². The molecule has 1 heterocycles. The topological polar surface area (TPSA) is 20.2 Å². The largest absolute Gasteiger partial charge is 0.508 e. The summed E-state index contributed by atoms with van der Waals surface area (Å²) in [6.07, 6.45) is 1.91. The van der Waals surface area contributed by atoms with Crippen molar-refractivity contribution < 1.29 is 9.50 Å². The summed E-state index contributed by atoms with van der Waals surface area (Å²) in [4.78, 5) is 0.928. The predicted octanol–water partition coefficient (Wildman–Crippen LogP) is 3.47. The van der Waals surface area contributed by atoms with Crippen molar-refractivity contribution in [1.82, 2.24) is 0 Å². The van der Waals surface area contributed by atoms with Gasteiger partial charge in [0.1, 0.15) is 11.6 Å². The van der Waals surface area contributed by atoms with E-state index >= 15 is 0 Å². The van der Waals surface area contributed by atoms with Crippen LogP contribution in [-0.2, 0) is 0 Å². The van der Waals surface area contributed by atoms with E-state index < -0.39 is 0 Å². The van der Waals surface area contributed by atoms with Gasteiger partial charge in [-0.3, -0.25) is 0 Å². The second-order valence-electron chi connectivity index (χ2n) is 2.60. The molecule has 13 heavy (non-hydrogen) atoms. The van der Waals surface area contributed by atoms with Crippen molar-refractivity contribution in [2.24, 2.45) is 0 Å². The predicted molar refractivity (Wildman–Crippen MR) is 55.2 cm³/mol. The molecule has 68 valence electrons. The molecule has 0 spiro atoms. The van der Waals surface area contributed by atoms with Gasteiger partial charge in [-0.2, -0.15) is 0 Å². The molecule has 1 aromatic carbocycles. The minimum atomic E-state index is -0.347. The number of thiophene rings is 1. The molecule has 1 aromatic heterocycles. The van der Waals surface area contributed by atoms with Crippen LogP contribution in [0.2, 0.25) is 0 Å². The van der Waals surface area contributed by atoms with Gasteiger partial charge in [0, 0.05) is 26.4 Å². The lowest BCUT2D eigenvalue weighted by Crippen LogP contribution is -1.76. The maximum Gasteiger partial charge on any atom is 0.136 e.